The molecule has 1 aromatic carbocycles. The topological polar surface area (TPSA) is 50.2 Å². The number of aromatic nitrogens is 2. The lowest BCUT2D eigenvalue weighted by Crippen LogP contribution is -2.25. The van der Waals surface area contributed by atoms with Crippen LogP contribution in [0.3, 0.4) is 0 Å². The molecule has 5 nitrogen and oxygen atoms in total. The molecule has 1 aliphatic heterocycles. The summed E-state index contributed by atoms with van der Waals surface area (Å²) in [4.78, 5) is 13.7. The second kappa shape index (κ2) is 7.23. The molecule has 0 spiro atoms. The van der Waals surface area contributed by atoms with Crippen LogP contribution in [-0.2, 0) is 6.42 Å². The maximum Gasteiger partial charge on any atom is 0.253 e. The number of benzene rings is 1. The zero-order valence-corrected chi connectivity index (χ0v) is 15.7. The van der Waals surface area contributed by atoms with Crippen LogP contribution < -0.4 is 5.32 Å². The molecule has 138 valence electrons. The molecule has 4 rings (SSSR count). The third-order valence-electron chi connectivity index (χ3n) is 5.86. The molecular formula is C21H28N4O. The van der Waals surface area contributed by atoms with Gasteiger partial charge in [0.05, 0.1) is 11.4 Å². The number of hydrogen-bond donors (Lipinski definition) is 1. The van der Waals surface area contributed by atoms with Crippen molar-refractivity contribution in [2.45, 2.75) is 38.0 Å². The Morgan fingerprint density at radius 3 is 2.62 bits per heavy atom. The molecule has 1 aliphatic carbocycles. The highest BCUT2D eigenvalue weighted by Crippen LogP contribution is 2.38. The molecule has 0 bridgehead atoms. The highest BCUT2D eigenvalue weighted by molar-refractivity contribution is 5.94. The second-order valence-corrected chi connectivity index (χ2v) is 7.84. The molecular weight excluding hydrogens is 324 g/mol. The first-order valence-corrected chi connectivity index (χ1v) is 9.75. The van der Waals surface area contributed by atoms with Crippen LogP contribution in [0.1, 0.15) is 53.2 Å². The minimum Gasteiger partial charge on any atom is -0.345 e. The Balaban J connectivity index is 1.62. The van der Waals surface area contributed by atoms with Crippen molar-refractivity contribution in [2.75, 3.05) is 27.2 Å². The van der Waals surface area contributed by atoms with E-state index < -0.39 is 0 Å². The SMILES string of the molecule is CN(C)C(=O)c1ccc(-n2cc3c(n2)C(C2CCCC2)CNCC3)cc1. The molecule has 0 saturated heterocycles. The van der Waals surface area contributed by atoms with E-state index in [1.165, 1.54) is 36.9 Å². The van der Waals surface area contributed by atoms with Gasteiger partial charge in [-0.2, -0.15) is 5.10 Å². The minimum absolute atomic E-state index is 0.0279. The number of carbonyl (C=O) groups excluding carboxylic acids is 1. The van der Waals surface area contributed by atoms with Crippen molar-refractivity contribution < 1.29 is 4.79 Å². The van der Waals surface area contributed by atoms with Crippen LogP contribution in [-0.4, -0.2) is 47.8 Å². The van der Waals surface area contributed by atoms with Gasteiger partial charge in [-0.1, -0.05) is 12.8 Å². The van der Waals surface area contributed by atoms with E-state index in [0.29, 0.717) is 11.5 Å². The molecule has 26 heavy (non-hydrogen) atoms. The Morgan fingerprint density at radius 2 is 1.92 bits per heavy atom. The smallest absolute Gasteiger partial charge is 0.253 e. The van der Waals surface area contributed by atoms with E-state index in [2.05, 4.69) is 11.5 Å². The van der Waals surface area contributed by atoms with Gasteiger partial charge < -0.3 is 10.2 Å². The Kier molecular flexibility index (Phi) is 4.81. The van der Waals surface area contributed by atoms with Crippen molar-refractivity contribution in [3.8, 4) is 5.69 Å². The van der Waals surface area contributed by atoms with Gasteiger partial charge in [-0.15, -0.1) is 0 Å². The number of nitrogens with one attached hydrogen (secondary N) is 1. The quantitative estimate of drug-likeness (QED) is 0.924. The van der Waals surface area contributed by atoms with Crippen LogP contribution in [0.25, 0.3) is 5.69 Å². The van der Waals surface area contributed by atoms with Crippen LogP contribution in [0.2, 0.25) is 0 Å². The molecule has 0 radical (unpaired) electrons. The Morgan fingerprint density at radius 1 is 1.19 bits per heavy atom. The number of hydrogen-bond acceptors (Lipinski definition) is 3. The molecule has 1 fully saturated rings. The first-order valence-electron chi connectivity index (χ1n) is 9.75. The number of rotatable bonds is 3. The Bertz CT molecular complexity index is 772. The maximum absolute atomic E-state index is 12.1. The van der Waals surface area contributed by atoms with E-state index in [4.69, 9.17) is 5.10 Å². The van der Waals surface area contributed by atoms with E-state index in [-0.39, 0.29) is 5.91 Å². The number of carbonyl (C=O) groups is 1. The van der Waals surface area contributed by atoms with Crippen LogP contribution in [0.15, 0.2) is 30.5 Å². The van der Waals surface area contributed by atoms with Gasteiger partial charge in [0, 0.05) is 38.3 Å². The van der Waals surface area contributed by atoms with E-state index in [9.17, 15) is 4.79 Å². The molecule has 2 aliphatic rings. The minimum atomic E-state index is 0.0279. The predicted octanol–water partition coefficient (Wildman–Crippen LogP) is 2.99. The Labute approximate surface area is 155 Å². The van der Waals surface area contributed by atoms with E-state index in [1.54, 1.807) is 19.0 Å². The molecule has 1 atom stereocenters. The average Bonchev–Trinajstić information content (AvgIpc) is 3.29. The molecule has 5 heteroatoms. The maximum atomic E-state index is 12.1. The monoisotopic (exact) mass is 352 g/mol. The lowest BCUT2D eigenvalue weighted by molar-refractivity contribution is 0.0827. The van der Waals surface area contributed by atoms with Crippen LogP contribution in [0, 0.1) is 5.92 Å². The largest absolute Gasteiger partial charge is 0.345 e. The second-order valence-electron chi connectivity index (χ2n) is 7.84. The summed E-state index contributed by atoms with van der Waals surface area (Å²) >= 11 is 0. The third-order valence-corrected chi connectivity index (χ3v) is 5.86. The van der Waals surface area contributed by atoms with Crippen molar-refractivity contribution in [1.82, 2.24) is 20.0 Å². The summed E-state index contributed by atoms with van der Waals surface area (Å²) in [6, 6.07) is 7.76. The van der Waals surface area contributed by atoms with Gasteiger partial charge in [-0.05, 0) is 61.6 Å². The van der Waals surface area contributed by atoms with Gasteiger partial charge in [-0.3, -0.25) is 4.79 Å². The fraction of sp³-hybridized carbons (Fsp3) is 0.524. The zero-order chi connectivity index (χ0) is 18.1. The van der Waals surface area contributed by atoms with E-state index >= 15 is 0 Å². The molecule has 2 aromatic rings. The molecule has 1 aromatic heterocycles. The summed E-state index contributed by atoms with van der Waals surface area (Å²) in [5, 5.41) is 8.60. The highest BCUT2D eigenvalue weighted by atomic mass is 16.2. The molecule has 1 saturated carbocycles. The lowest BCUT2D eigenvalue weighted by Gasteiger charge is -2.21. The third kappa shape index (κ3) is 3.28. The van der Waals surface area contributed by atoms with Crippen molar-refractivity contribution in [2.24, 2.45) is 5.92 Å². The van der Waals surface area contributed by atoms with Gasteiger partial charge in [0.25, 0.3) is 5.91 Å². The molecule has 1 N–H and O–H groups in total. The van der Waals surface area contributed by atoms with Crippen molar-refractivity contribution >= 4 is 5.91 Å². The first kappa shape index (κ1) is 17.3. The van der Waals surface area contributed by atoms with E-state index in [0.717, 1.165) is 31.1 Å². The fourth-order valence-electron chi connectivity index (χ4n) is 4.40. The average molecular weight is 352 g/mol. The summed E-state index contributed by atoms with van der Waals surface area (Å²) in [6.45, 7) is 2.07. The standard InChI is InChI=1S/C21H28N4O/c1-24(2)21(26)16-7-9-18(10-8-16)25-14-17-11-12-22-13-19(20(17)23-25)15-5-3-4-6-15/h7-10,14-15,19,22H,3-6,11-13H2,1-2H3. The van der Waals surface area contributed by atoms with Crippen LogP contribution in [0.4, 0.5) is 0 Å². The summed E-state index contributed by atoms with van der Waals surface area (Å²) in [6.07, 6.45) is 8.61. The number of amides is 1. The normalized spacial score (nSPS) is 20.6. The van der Waals surface area contributed by atoms with E-state index in [1.807, 2.05) is 28.9 Å². The van der Waals surface area contributed by atoms with Gasteiger partial charge >= 0.3 is 0 Å². The van der Waals surface area contributed by atoms with Gasteiger partial charge in [-0.25, -0.2) is 4.68 Å². The first-order chi connectivity index (χ1) is 12.6. The van der Waals surface area contributed by atoms with Crippen LogP contribution >= 0.6 is 0 Å². The molecule has 1 amide bonds. The van der Waals surface area contributed by atoms with Crippen molar-refractivity contribution in [3.63, 3.8) is 0 Å². The fourth-order valence-corrected chi connectivity index (χ4v) is 4.40. The number of fused-ring (bicyclic) bond motifs is 1. The summed E-state index contributed by atoms with van der Waals surface area (Å²) in [5.41, 5.74) is 4.39. The highest BCUT2D eigenvalue weighted by Gasteiger charge is 2.31. The number of nitrogens with zero attached hydrogens (tertiary/aromatic N) is 3. The lowest BCUT2D eigenvalue weighted by atomic mass is 9.87. The predicted molar refractivity (Wildman–Crippen MR) is 103 cm³/mol. The summed E-state index contributed by atoms with van der Waals surface area (Å²) in [5.74, 6) is 1.33. The van der Waals surface area contributed by atoms with Crippen LogP contribution in [0.5, 0.6) is 0 Å². The van der Waals surface area contributed by atoms with Crippen molar-refractivity contribution in [1.29, 1.82) is 0 Å². The summed E-state index contributed by atoms with van der Waals surface area (Å²) < 4.78 is 2.00. The van der Waals surface area contributed by atoms with Gasteiger partial charge in [0.2, 0.25) is 0 Å². The van der Waals surface area contributed by atoms with Gasteiger partial charge in [0.1, 0.15) is 0 Å². The zero-order valence-electron chi connectivity index (χ0n) is 15.7. The summed E-state index contributed by atoms with van der Waals surface area (Å²) in [7, 11) is 3.55. The van der Waals surface area contributed by atoms with Crippen molar-refractivity contribution in [3.05, 3.63) is 47.3 Å². The molecule has 1 unspecified atom stereocenters. The Hall–Kier alpha value is -2.14. The van der Waals surface area contributed by atoms with Gasteiger partial charge in [0.15, 0.2) is 0 Å². The molecule has 2 heterocycles.